The van der Waals surface area contributed by atoms with E-state index in [9.17, 15) is 4.21 Å². The topological polar surface area (TPSA) is 95.0 Å². The fraction of sp³-hybridized carbons (Fsp3) is 0.294. The molecule has 1 aliphatic heterocycles. The van der Waals surface area contributed by atoms with Gasteiger partial charge in [0.05, 0.1) is 35.1 Å². The molecule has 3 aromatic rings. The van der Waals surface area contributed by atoms with Crippen LogP contribution in [0.2, 0.25) is 10.0 Å². The smallest absolute Gasteiger partial charge is 0.242 e. The van der Waals surface area contributed by atoms with Gasteiger partial charge in [0.15, 0.2) is 15.7 Å². The van der Waals surface area contributed by atoms with Crippen LogP contribution in [0.4, 0.5) is 0 Å². The number of nitrogens with zero attached hydrogens (tertiary/aromatic N) is 3. The molecule has 3 heterocycles. The van der Waals surface area contributed by atoms with Crippen molar-refractivity contribution in [2.45, 2.75) is 24.5 Å². The van der Waals surface area contributed by atoms with Gasteiger partial charge in [0.2, 0.25) is 5.16 Å². The van der Waals surface area contributed by atoms with Crippen molar-refractivity contribution < 1.29 is 8.95 Å². The average molecular weight is 426 g/mol. The molecule has 2 aromatic heterocycles. The summed E-state index contributed by atoms with van der Waals surface area (Å²) >= 11 is 12.5. The molecule has 142 valence electrons. The Labute approximate surface area is 166 Å². The van der Waals surface area contributed by atoms with Gasteiger partial charge >= 0.3 is 0 Å². The summed E-state index contributed by atoms with van der Waals surface area (Å²) in [4.78, 5) is 11.5. The van der Waals surface area contributed by atoms with Crippen LogP contribution in [-0.4, -0.2) is 37.1 Å². The van der Waals surface area contributed by atoms with Gasteiger partial charge in [-0.3, -0.25) is 0 Å². The van der Waals surface area contributed by atoms with E-state index in [0.717, 1.165) is 22.2 Å². The Balaban J connectivity index is 1.78. The normalized spacial score (nSPS) is 19.6. The summed E-state index contributed by atoms with van der Waals surface area (Å²) in [5.74, 6) is 0.450. The Hall–Kier alpha value is -1.87. The average Bonchev–Trinajstić information content (AvgIpc) is 3.05. The highest BCUT2D eigenvalue weighted by molar-refractivity contribution is 7.90. The zero-order valence-electron chi connectivity index (χ0n) is 14.6. The molecule has 2 N–H and O–H groups in total. The maximum atomic E-state index is 13.3. The zero-order valence-corrected chi connectivity index (χ0v) is 17.0. The number of methoxy groups -OCH3 is 1. The first kappa shape index (κ1) is 18.5. The van der Waals surface area contributed by atoms with Crippen molar-refractivity contribution in [1.29, 1.82) is 4.78 Å². The minimum Gasteiger partial charge on any atom is -0.494 e. The maximum Gasteiger partial charge on any atom is 0.242 e. The maximum absolute atomic E-state index is 13.3. The molecule has 0 spiro atoms. The molecule has 1 aromatic carbocycles. The predicted octanol–water partition coefficient (Wildman–Crippen LogP) is 4.21. The summed E-state index contributed by atoms with van der Waals surface area (Å²) in [7, 11) is -1.86. The number of H-pyrrole nitrogens is 1. The highest BCUT2D eigenvalue weighted by Gasteiger charge is 2.35. The molecule has 0 saturated carbocycles. The molecule has 0 bridgehead atoms. The fourth-order valence-corrected chi connectivity index (χ4v) is 5.39. The van der Waals surface area contributed by atoms with Gasteiger partial charge in [-0.15, -0.1) is 0 Å². The van der Waals surface area contributed by atoms with Gasteiger partial charge in [0.25, 0.3) is 0 Å². The van der Waals surface area contributed by atoms with E-state index < -0.39 is 9.92 Å². The van der Waals surface area contributed by atoms with Gasteiger partial charge in [-0.05, 0) is 18.6 Å². The molecule has 0 saturated heterocycles. The van der Waals surface area contributed by atoms with E-state index in [-0.39, 0.29) is 11.2 Å². The molecule has 27 heavy (non-hydrogen) atoms. The van der Waals surface area contributed by atoms with Crippen LogP contribution in [0.5, 0.6) is 5.75 Å². The molecule has 10 heteroatoms. The number of aromatic nitrogens is 3. The third-order valence-corrected chi connectivity index (χ3v) is 7.51. The molecule has 0 aliphatic carbocycles. The van der Waals surface area contributed by atoms with Gasteiger partial charge in [0, 0.05) is 30.1 Å². The minimum absolute atomic E-state index is 0.0282. The Kier molecular flexibility index (Phi) is 4.54. The summed E-state index contributed by atoms with van der Waals surface area (Å²) < 4.78 is 28.5. The van der Waals surface area contributed by atoms with Crippen molar-refractivity contribution in [2.75, 3.05) is 13.7 Å². The van der Waals surface area contributed by atoms with Crippen LogP contribution in [0, 0.1) is 4.78 Å². The van der Waals surface area contributed by atoms with Gasteiger partial charge < -0.3 is 9.72 Å². The third kappa shape index (κ3) is 2.87. The minimum atomic E-state index is -3.36. The summed E-state index contributed by atoms with van der Waals surface area (Å²) in [6, 6.07) is 3.36. The molecule has 4 rings (SSSR count). The Bertz CT molecular complexity index is 1130. The number of halogens is 2. The second-order valence-corrected chi connectivity index (χ2v) is 8.97. The zero-order chi connectivity index (χ0) is 19.3. The quantitative estimate of drug-likeness (QED) is 0.614. The lowest BCUT2D eigenvalue weighted by Gasteiger charge is -2.33. The molecule has 0 amide bonds. The van der Waals surface area contributed by atoms with Crippen molar-refractivity contribution in [3.05, 3.63) is 45.8 Å². The van der Waals surface area contributed by atoms with E-state index in [2.05, 4.69) is 15.0 Å². The highest BCUT2D eigenvalue weighted by atomic mass is 35.5. The molecule has 1 unspecified atom stereocenters. The largest absolute Gasteiger partial charge is 0.494 e. The first-order valence-corrected chi connectivity index (χ1v) is 10.5. The SMILES string of the molecule is COc1cnc(S(=N)(=O)N2CCc3[nH]c4c(Cl)c(Cl)ccc4c3[C@H]2C)nc1. The second kappa shape index (κ2) is 6.63. The van der Waals surface area contributed by atoms with Gasteiger partial charge in [-0.1, -0.05) is 29.3 Å². The summed E-state index contributed by atoms with van der Waals surface area (Å²) in [6.45, 7) is 2.36. The van der Waals surface area contributed by atoms with Crippen molar-refractivity contribution in [1.82, 2.24) is 19.3 Å². The monoisotopic (exact) mass is 425 g/mol. The molecular weight excluding hydrogens is 409 g/mol. The van der Waals surface area contributed by atoms with Crippen LogP contribution >= 0.6 is 23.2 Å². The number of hydrogen-bond donors (Lipinski definition) is 2. The molecule has 2 atom stereocenters. The lowest BCUT2D eigenvalue weighted by Crippen LogP contribution is -2.38. The fourth-order valence-electron chi connectivity index (χ4n) is 3.52. The lowest BCUT2D eigenvalue weighted by molar-refractivity contribution is 0.339. The number of aromatic amines is 1. The molecule has 1 aliphatic rings. The summed E-state index contributed by atoms with van der Waals surface area (Å²) in [6.07, 6.45) is 3.45. The number of ether oxygens (including phenoxy) is 1. The van der Waals surface area contributed by atoms with Gasteiger partial charge in [-0.2, -0.15) is 0 Å². The molecule has 0 fully saturated rings. The van der Waals surface area contributed by atoms with Crippen LogP contribution in [0.25, 0.3) is 10.9 Å². The van der Waals surface area contributed by atoms with E-state index in [1.165, 1.54) is 19.5 Å². The van der Waals surface area contributed by atoms with Gasteiger partial charge in [0.1, 0.15) is 0 Å². The lowest BCUT2D eigenvalue weighted by atomic mass is 9.99. The van der Waals surface area contributed by atoms with E-state index in [1.807, 2.05) is 13.0 Å². The molecular formula is C17H17Cl2N5O2S. The first-order valence-electron chi connectivity index (χ1n) is 8.24. The van der Waals surface area contributed by atoms with Crippen LogP contribution in [0.15, 0.2) is 29.7 Å². The van der Waals surface area contributed by atoms with Crippen molar-refractivity contribution in [3.63, 3.8) is 0 Å². The van der Waals surface area contributed by atoms with Crippen molar-refractivity contribution in [3.8, 4) is 5.75 Å². The molecule has 0 radical (unpaired) electrons. The highest BCUT2D eigenvalue weighted by Crippen LogP contribution is 2.41. The van der Waals surface area contributed by atoms with E-state index in [4.69, 9.17) is 32.7 Å². The van der Waals surface area contributed by atoms with E-state index in [1.54, 1.807) is 10.4 Å². The van der Waals surface area contributed by atoms with Crippen LogP contribution in [0.3, 0.4) is 0 Å². The third-order valence-electron chi connectivity index (χ3n) is 4.84. The van der Waals surface area contributed by atoms with Crippen LogP contribution in [-0.2, 0) is 16.3 Å². The predicted molar refractivity (Wildman–Crippen MR) is 105 cm³/mol. The Morgan fingerprint density at radius 3 is 2.70 bits per heavy atom. The van der Waals surface area contributed by atoms with E-state index in [0.29, 0.717) is 28.8 Å². The number of rotatable bonds is 3. The molecule has 7 nitrogen and oxygen atoms in total. The standard InChI is InChI=1S/C17H17Cl2N5O2S/c1-9-14-11-3-4-12(18)15(19)16(11)23-13(14)5-6-24(9)27(20,25)17-21-7-10(26-2)8-22-17/h3-4,7-9,20,23H,5-6H2,1-2H3/t9-,27?/m1/s1. The van der Waals surface area contributed by atoms with Gasteiger partial charge in [-0.25, -0.2) is 23.3 Å². The summed E-state index contributed by atoms with van der Waals surface area (Å²) in [5.41, 5.74) is 2.76. The number of fused-ring (bicyclic) bond motifs is 3. The second-order valence-electron chi connectivity index (χ2n) is 6.30. The van der Waals surface area contributed by atoms with E-state index >= 15 is 0 Å². The van der Waals surface area contributed by atoms with Crippen LogP contribution in [0.1, 0.15) is 24.2 Å². The first-order chi connectivity index (χ1) is 12.8. The number of nitrogens with one attached hydrogen (secondary N) is 2. The van der Waals surface area contributed by atoms with Crippen molar-refractivity contribution >= 4 is 44.0 Å². The van der Waals surface area contributed by atoms with Crippen molar-refractivity contribution in [2.24, 2.45) is 0 Å². The Morgan fingerprint density at radius 1 is 1.33 bits per heavy atom. The Morgan fingerprint density at radius 2 is 2.04 bits per heavy atom. The number of hydrogen-bond acceptors (Lipinski definition) is 5. The number of benzene rings is 1. The van der Waals surface area contributed by atoms with Crippen LogP contribution < -0.4 is 4.74 Å². The summed E-state index contributed by atoms with van der Waals surface area (Å²) in [5, 5.41) is 1.83.